The van der Waals surface area contributed by atoms with Crippen molar-refractivity contribution in [1.29, 1.82) is 0 Å². The zero-order valence-electron chi connectivity index (χ0n) is 15.2. The van der Waals surface area contributed by atoms with Gasteiger partial charge in [-0.1, -0.05) is 17.7 Å². The van der Waals surface area contributed by atoms with E-state index >= 15 is 0 Å². The molecular formula is C18H22ClFN4O3. The number of carbonyl (C=O) groups is 1. The van der Waals surface area contributed by atoms with Gasteiger partial charge in [0.05, 0.1) is 11.1 Å². The van der Waals surface area contributed by atoms with Gasteiger partial charge in [0.15, 0.2) is 0 Å². The van der Waals surface area contributed by atoms with Crippen LogP contribution in [0.2, 0.25) is 5.02 Å². The summed E-state index contributed by atoms with van der Waals surface area (Å²) >= 11 is 5.68. The Morgan fingerprint density at radius 1 is 1.44 bits per heavy atom. The first-order valence-electron chi connectivity index (χ1n) is 8.82. The fourth-order valence-electron chi connectivity index (χ4n) is 3.21. The molecule has 1 fully saturated rings. The summed E-state index contributed by atoms with van der Waals surface area (Å²) in [4.78, 5) is 24.7. The van der Waals surface area contributed by atoms with E-state index in [4.69, 9.17) is 16.3 Å². The third-order valence-electron chi connectivity index (χ3n) is 4.78. The molecule has 146 valence electrons. The number of nitrogens with zero attached hydrogens (tertiary/aromatic N) is 3. The fraction of sp³-hybridized carbons (Fsp3) is 0.500. The number of nitrogens with one attached hydrogen (secondary N) is 1. The molecule has 9 heteroatoms. The minimum Gasteiger partial charge on any atom is -0.381 e. The van der Waals surface area contributed by atoms with Gasteiger partial charge in [-0.05, 0) is 37.5 Å². The summed E-state index contributed by atoms with van der Waals surface area (Å²) in [7, 11) is 1.66. The Morgan fingerprint density at radius 3 is 2.81 bits per heavy atom. The van der Waals surface area contributed by atoms with Crippen molar-refractivity contribution in [2.45, 2.75) is 38.3 Å². The van der Waals surface area contributed by atoms with Gasteiger partial charge in [-0.3, -0.25) is 9.36 Å². The number of ether oxygens (including phenoxy) is 1. The SMILES string of the molecule is C[C@H](NC(=O)Cn1nc(C2CCOCC2)n(C)c1=O)c1ccc(Cl)c(F)c1. The normalized spacial score (nSPS) is 16.3. The number of carbonyl (C=O) groups excluding carboxylic acids is 1. The Hall–Kier alpha value is -2.19. The molecule has 2 heterocycles. The summed E-state index contributed by atoms with van der Waals surface area (Å²) in [6, 6.07) is 3.94. The molecule has 0 radical (unpaired) electrons. The quantitative estimate of drug-likeness (QED) is 0.840. The van der Waals surface area contributed by atoms with E-state index in [9.17, 15) is 14.0 Å². The number of hydrogen-bond donors (Lipinski definition) is 1. The Kier molecular flexibility index (Phi) is 5.96. The molecule has 1 N–H and O–H groups in total. The Balaban J connectivity index is 1.68. The Labute approximate surface area is 161 Å². The molecule has 0 unspecified atom stereocenters. The second kappa shape index (κ2) is 8.22. The highest BCUT2D eigenvalue weighted by Crippen LogP contribution is 2.24. The second-order valence-corrected chi connectivity index (χ2v) is 7.11. The van der Waals surface area contributed by atoms with E-state index in [-0.39, 0.29) is 29.1 Å². The first-order chi connectivity index (χ1) is 12.9. The van der Waals surface area contributed by atoms with Crippen LogP contribution in [0.3, 0.4) is 0 Å². The summed E-state index contributed by atoms with van der Waals surface area (Å²) in [5.41, 5.74) is 0.248. The lowest BCUT2D eigenvalue weighted by Crippen LogP contribution is -2.34. The molecule has 0 aliphatic carbocycles. The predicted octanol–water partition coefficient (Wildman–Crippen LogP) is 2.15. The smallest absolute Gasteiger partial charge is 0.346 e. The van der Waals surface area contributed by atoms with Gasteiger partial charge in [0.1, 0.15) is 18.2 Å². The molecule has 1 amide bonds. The van der Waals surface area contributed by atoms with Gasteiger partial charge in [0.25, 0.3) is 0 Å². The van der Waals surface area contributed by atoms with Gasteiger partial charge in [-0.25, -0.2) is 13.9 Å². The second-order valence-electron chi connectivity index (χ2n) is 6.71. The van der Waals surface area contributed by atoms with Gasteiger partial charge in [-0.2, -0.15) is 5.10 Å². The number of amides is 1. The van der Waals surface area contributed by atoms with Crippen LogP contribution in [0.5, 0.6) is 0 Å². The fourth-order valence-corrected chi connectivity index (χ4v) is 3.32. The number of halogens is 2. The van der Waals surface area contributed by atoms with Gasteiger partial charge >= 0.3 is 5.69 Å². The average Bonchev–Trinajstić information content (AvgIpc) is 2.93. The molecule has 3 rings (SSSR count). The van der Waals surface area contributed by atoms with Crippen molar-refractivity contribution < 1.29 is 13.9 Å². The highest BCUT2D eigenvalue weighted by atomic mass is 35.5. The van der Waals surface area contributed by atoms with E-state index in [0.717, 1.165) is 17.5 Å². The van der Waals surface area contributed by atoms with E-state index in [1.807, 2.05) is 0 Å². The van der Waals surface area contributed by atoms with Gasteiger partial charge in [0, 0.05) is 26.2 Å². The highest BCUT2D eigenvalue weighted by molar-refractivity contribution is 6.30. The zero-order chi connectivity index (χ0) is 19.6. The third kappa shape index (κ3) is 4.39. The molecule has 7 nitrogen and oxygen atoms in total. The standard InChI is InChI=1S/C18H22ClFN4O3/c1-11(13-3-4-14(19)15(20)9-13)21-16(25)10-24-18(26)23(2)17(22-24)12-5-7-27-8-6-12/h3-4,9,11-12H,5-8,10H2,1-2H3,(H,21,25)/t11-/m0/s1. The lowest BCUT2D eigenvalue weighted by atomic mass is 10.00. The highest BCUT2D eigenvalue weighted by Gasteiger charge is 2.23. The third-order valence-corrected chi connectivity index (χ3v) is 5.08. The van der Waals surface area contributed by atoms with Crippen molar-refractivity contribution >= 4 is 17.5 Å². The summed E-state index contributed by atoms with van der Waals surface area (Å²) in [6.45, 7) is 2.81. The maximum Gasteiger partial charge on any atom is 0.346 e. The molecule has 1 aromatic heterocycles. The van der Waals surface area contributed by atoms with Crippen molar-refractivity contribution in [3.8, 4) is 0 Å². The maximum absolute atomic E-state index is 13.6. The van der Waals surface area contributed by atoms with Crippen LogP contribution in [0.15, 0.2) is 23.0 Å². The molecule has 1 saturated heterocycles. The first-order valence-corrected chi connectivity index (χ1v) is 9.20. The van der Waals surface area contributed by atoms with E-state index in [1.54, 1.807) is 20.0 Å². The van der Waals surface area contributed by atoms with E-state index in [2.05, 4.69) is 10.4 Å². The monoisotopic (exact) mass is 396 g/mol. The molecule has 2 aromatic rings. The van der Waals surface area contributed by atoms with Crippen LogP contribution in [0, 0.1) is 5.82 Å². The number of rotatable bonds is 5. The van der Waals surface area contributed by atoms with E-state index < -0.39 is 11.9 Å². The summed E-state index contributed by atoms with van der Waals surface area (Å²) in [6.07, 6.45) is 1.60. The molecule has 1 aromatic carbocycles. The molecule has 0 saturated carbocycles. The lowest BCUT2D eigenvalue weighted by molar-refractivity contribution is -0.122. The number of aromatic nitrogens is 3. The molecule has 0 bridgehead atoms. The zero-order valence-corrected chi connectivity index (χ0v) is 16.0. The summed E-state index contributed by atoms with van der Waals surface area (Å²) in [5, 5.41) is 7.13. The van der Waals surface area contributed by atoms with E-state index in [1.165, 1.54) is 16.7 Å². The van der Waals surface area contributed by atoms with Crippen LogP contribution >= 0.6 is 11.6 Å². The Morgan fingerprint density at radius 2 is 2.15 bits per heavy atom. The molecule has 1 atom stereocenters. The lowest BCUT2D eigenvalue weighted by Gasteiger charge is -2.20. The van der Waals surface area contributed by atoms with Crippen molar-refractivity contribution in [2.75, 3.05) is 13.2 Å². The molecule has 27 heavy (non-hydrogen) atoms. The van der Waals surface area contributed by atoms with Crippen LogP contribution in [0.4, 0.5) is 4.39 Å². The first kappa shape index (κ1) is 19.6. The molecular weight excluding hydrogens is 375 g/mol. The average molecular weight is 397 g/mol. The number of benzene rings is 1. The summed E-state index contributed by atoms with van der Waals surface area (Å²) in [5.74, 6) is -0.102. The largest absolute Gasteiger partial charge is 0.381 e. The van der Waals surface area contributed by atoms with E-state index in [0.29, 0.717) is 24.6 Å². The van der Waals surface area contributed by atoms with Gasteiger partial charge in [-0.15, -0.1) is 0 Å². The van der Waals surface area contributed by atoms with Crippen molar-refractivity contribution in [1.82, 2.24) is 19.7 Å². The van der Waals surface area contributed by atoms with Crippen LogP contribution < -0.4 is 11.0 Å². The van der Waals surface area contributed by atoms with Crippen LogP contribution in [0.1, 0.15) is 43.1 Å². The van der Waals surface area contributed by atoms with Crippen LogP contribution in [-0.2, 0) is 23.1 Å². The minimum absolute atomic E-state index is 0.0259. The van der Waals surface area contributed by atoms with Crippen LogP contribution in [-0.4, -0.2) is 33.5 Å². The minimum atomic E-state index is -0.544. The molecule has 0 spiro atoms. The van der Waals surface area contributed by atoms with Crippen LogP contribution in [0.25, 0.3) is 0 Å². The number of hydrogen-bond acceptors (Lipinski definition) is 4. The Bertz CT molecular complexity index is 889. The van der Waals surface area contributed by atoms with Gasteiger partial charge < -0.3 is 10.1 Å². The molecule has 1 aliphatic rings. The molecule has 1 aliphatic heterocycles. The van der Waals surface area contributed by atoms with Crippen molar-refractivity contribution in [3.05, 3.63) is 50.9 Å². The van der Waals surface area contributed by atoms with Crippen molar-refractivity contribution in [3.63, 3.8) is 0 Å². The van der Waals surface area contributed by atoms with Crippen molar-refractivity contribution in [2.24, 2.45) is 7.05 Å². The predicted molar refractivity (Wildman–Crippen MR) is 98.2 cm³/mol. The maximum atomic E-state index is 13.6. The summed E-state index contributed by atoms with van der Waals surface area (Å²) < 4.78 is 21.6. The van der Waals surface area contributed by atoms with Gasteiger partial charge in [0.2, 0.25) is 5.91 Å². The topological polar surface area (TPSA) is 78.2 Å².